The van der Waals surface area contributed by atoms with E-state index in [9.17, 15) is 0 Å². The van der Waals surface area contributed by atoms with Crippen molar-refractivity contribution in [3.8, 4) is 0 Å². The number of nitrogens with zero attached hydrogens (tertiary/aromatic N) is 1. The first-order valence-electron chi connectivity index (χ1n) is 7.23. The van der Waals surface area contributed by atoms with Crippen molar-refractivity contribution < 1.29 is 9.47 Å². The zero-order valence-electron chi connectivity index (χ0n) is 11.7. The Balaban J connectivity index is 1.82. The predicted octanol–water partition coefficient (Wildman–Crippen LogP) is 2.31. The molecule has 2 aliphatic carbocycles. The summed E-state index contributed by atoms with van der Waals surface area (Å²) in [6.07, 6.45) is 10.3. The summed E-state index contributed by atoms with van der Waals surface area (Å²) in [4.78, 5) is 2.52. The van der Waals surface area contributed by atoms with Crippen LogP contribution in [0, 0.1) is 0 Å². The highest BCUT2D eigenvalue weighted by atomic mass is 16.5. The Labute approximate surface area is 115 Å². The molecule has 1 fully saturated rings. The average molecular weight is 261 g/mol. The molecule has 3 aliphatic rings. The zero-order chi connectivity index (χ0) is 13.2. The Kier molecular flexibility index (Phi) is 3.87. The molecule has 104 valence electrons. The minimum absolute atomic E-state index is 0.218. The van der Waals surface area contributed by atoms with Crippen molar-refractivity contribution in [1.29, 1.82) is 0 Å². The van der Waals surface area contributed by atoms with Crippen molar-refractivity contribution in [2.75, 3.05) is 26.8 Å². The number of methoxy groups -OCH3 is 1. The first kappa shape index (κ1) is 13.1. The first-order valence-corrected chi connectivity index (χ1v) is 7.23. The van der Waals surface area contributed by atoms with E-state index in [1.54, 1.807) is 7.11 Å². The molecule has 0 radical (unpaired) electrons. The van der Waals surface area contributed by atoms with E-state index in [0.29, 0.717) is 6.04 Å². The van der Waals surface area contributed by atoms with Crippen LogP contribution >= 0.6 is 0 Å². The molecule has 19 heavy (non-hydrogen) atoms. The fourth-order valence-corrected chi connectivity index (χ4v) is 3.58. The molecule has 3 rings (SSSR count). The van der Waals surface area contributed by atoms with Gasteiger partial charge in [-0.2, -0.15) is 0 Å². The Morgan fingerprint density at radius 3 is 3.26 bits per heavy atom. The Morgan fingerprint density at radius 2 is 2.47 bits per heavy atom. The molecule has 1 aliphatic heterocycles. The highest BCUT2D eigenvalue weighted by Crippen LogP contribution is 2.38. The predicted molar refractivity (Wildman–Crippen MR) is 76.1 cm³/mol. The number of morpholine rings is 1. The molecule has 0 bridgehead atoms. The molecule has 3 unspecified atom stereocenters. The topological polar surface area (TPSA) is 21.7 Å². The molecular formula is C16H23NO2. The fourth-order valence-electron chi connectivity index (χ4n) is 3.58. The second kappa shape index (κ2) is 5.61. The lowest BCUT2D eigenvalue weighted by atomic mass is 9.79. The van der Waals surface area contributed by atoms with Gasteiger partial charge in [-0.3, -0.25) is 4.90 Å². The van der Waals surface area contributed by atoms with Gasteiger partial charge in [-0.1, -0.05) is 18.2 Å². The summed E-state index contributed by atoms with van der Waals surface area (Å²) in [7, 11) is 1.78. The number of hydrogen-bond acceptors (Lipinski definition) is 3. The van der Waals surface area contributed by atoms with Crippen LogP contribution in [-0.2, 0) is 9.47 Å². The maximum absolute atomic E-state index is 6.10. The van der Waals surface area contributed by atoms with Crippen molar-refractivity contribution in [1.82, 2.24) is 4.90 Å². The average Bonchev–Trinajstić information content (AvgIpc) is 2.47. The summed E-state index contributed by atoms with van der Waals surface area (Å²) in [5.41, 5.74) is 2.95. The molecule has 0 aromatic heterocycles. The molecule has 0 aromatic rings. The molecule has 0 amide bonds. The summed E-state index contributed by atoms with van der Waals surface area (Å²) >= 11 is 0. The van der Waals surface area contributed by atoms with Crippen LogP contribution in [0.5, 0.6) is 0 Å². The third kappa shape index (κ3) is 2.42. The number of rotatable bonds is 3. The number of fused-ring (bicyclic) bond motifs is 2. The molecular weight excluding hydrogens is 238 g/mol. The Morgan fingerprint density at radius 1 is 1.58 bits per heavy atom. The molecule has 3 nitrogen and oxygen atoms in total. The lowest BCUT2D eigenvalue weighted by Crippen LogP contribution is -2.53. The lowest BCUT2D eigenvalue weighted by Gasteiger charge is -2.46. The van der Waals surface area contributed by atoms with Crippen molar-refractivity contribution in [2.24, 2.45) is 0 Å². The zero-order valence-corrected chi connectivity index (χ0v) is 11.7. The van der Waals surface area contributed by atoms with Gasteiger partial charge in [-0.05, 0) is 24.0 Å². The van der Waals surface area contributed by atoms with Gasteiger partial charge < -0.3 is 9.47 Å². The summed E-state index contributed by atoms with van der Waals surface area (Å²) in [5, 5.41) is 0. The van der Waals surface area contributed by atoms with E-state index in [-0.39, 0.29) is 12.2 Å². The second-order valence-electron chi connectivity index (χ2n) is 5.57. The van der Waals surface area contributed by atoms with Crippen LogP contribution in [0.15, 0.2) is 36.0 Å². The van der Waals surface area contributed by atoms with Crippen LogP contribution in [0.4, 0.5) is 0 Å². The molecule has 0 N–H and O–H groups in total. The summed E-state index contributed by atoms with van der Waals surface area (Å²) in [6, 6.07) is 0.523. The molecule has 0 spiro atoms. The molecule has 3 heteroatoms. The minimum Gasteiger partial charge on any atom is -0.377 e. The van der Waals surface area contributed by atoms with Gasteiger partial charge in [-0.15, -0.1) is 6.58 Å². The maximum atomic E-state index is 6.10. The largest absolute Gasteiger partial charge is 0.377 e. The number of ether oxygens (including phenoxy) is 2. The van der Waals surface area contributed by atoms with E-state index in [1.165, 1.54) is 24.0 Å². The summed E-state index contributed by atoms with van der Waals surface area (Å²) in [5.74, 6) is 0. The van der Waals surface area contributed by atoms with Crippen molar-refractivity contribution in [3.05, 3.63) is 36.0 Å². The standard InChI is InChI=1S/C16H23NO2/c1-3-8-17-9-10-19-16-14-11-13(18-2)6-4-12(14)5-7-15(16)17/h3-4,6,13,15-16H,1,5,7-11H2,2H3. The Bertz CT molecular complexity index is 413. The van der Waals surface area contributed by atoms with Crippen molar-refractivity contribution in [3.63, 3.8) is 0 Å². The van der Waals surface area contributed by atoms with E-state index in [1.807, 2.05) is 6.08 Å². The maximum Gasteiger partial charge on any atom is 0.0947 e. The van der Waals surface area contributed by atoms with E-state index >= 15 is 0 Å². The molecule has 1 saturated heterocycles. The molecule has 3 atom stereocenters. The van der Waals surface area contributed by atoms with E-state index < -0.39 is 0 Å². The van der Waals surface area contributed by atoms with Gasteiger partial charge in [0.1, 0.15) is 0 Å². The first-order chi connectivity index (χ1) is 9.33. The van der Waals surface area contributed by atoms with E-state index in [0.717, 1.165) is 26.1 Å². The van der Waals surface area contributed by atoms with Crippen molar-refractivity contribution in [2.45, 2.75) is 37.5 Å². The van der Waals surface area contributed by atoms with Gasteiger partial charge >= 0.3 is 0 Å². The van der Waals surface area contributed by atoms with Crippen LogP contribution in [0.3, 0.4) is 0 Å². The van der Waals surface area contributed by atoms with Crippen LogP contribution in [0.2, 0.25) is 0 Å². The fraction of sp³-hybridized carbons (Fsp3) is 0.625. The molecule has 0 saturated carbocycles. The highest BCUT2D eigenvalue weighted by Gasteiger charge is 2.39. The van der Waals surface area contributed by atoms with Crippen LogP contribution < -0.4 is 0 Å². The van der Waals surface area contributed by atoms with Crippen molar-refractivity contribution >= 4 is 0 Å². The van der Waals surface area contributed by atoms with Gasteiger partial charge in [0, 0.05) is 32.7 Å². The summed E-state index contributed by atoms with van der Waals surface area (Å²) < 4.78 is 11.6. The second-order valence-corrected chi connectivity index (χ2v) is 5.57. The van der Waals surface area contributed by atoms with Gasteiger partial charge in [-0.25, -0.2) is 0 Å². The number of allylic oxidation sites excluding steroid dienone is 2. The quantitative estimate of drug-likeness (QED) is 0.728. The molecule has 1 heterocycles. The Hall–Kier alpha value is -0.900. The highest BCUT2D eigenvalue weighted by molar-refractivity contribution is 5.37. The third-order valence-corrected chi connectivity index (χ3v) is 4.56. The minimum atomic E-state index is 0.218. The van der Waals surface area contributed by atoms with Gasteiger partial charge in [0.05, 0.1) is 18.8 Å². The van der Waals surface area contributed by atoms with Crippen LogP contribution in [0.1, 0.15) is 19.3 Å². The third-order valence-electron chi connectivity index (χ3n) is 4.56. The SMILES string of the molecule is C=CCN1CCOC2C3=C(C=CC(OC)C3)CCC21. The van der Waals surface area contributed by atoms with Crippen LogP contribution in [0.25, 0.3) is 0 Å². The normalized spacial score (nSPS) is 34.9. The van der Waals surface area contributed by atoms with Gasteiger partial charge in [0.2, 0.25) is 0 Å². The lowest BCUT2D eigenvalue weighted by molar-refractivity contribution is -0.0587. The van der Waals surface area contributed by atoms with Crippen LogP contribution in [-0.4, -0.2) is 50.0 Å². The smallest absolute Gasteiger partial charge is 0.0947 e. The molecule has 0 aromatic carbocycles. The monoisotopic (exact) mass is 261 g/mol. The number of hydrogen-bond donors (Lipinski definition) is 0. The van der Waals surface area contributed by atoms with E-state index in [2.05, 4.69) is 23.6 Å². The summed E-state index contributed by atoms with van der Waals surface area (Å²) in [6.45, 7) is 6.70. The van der Waals surface area contributed by atoms with E-state index in [4.69, 9.17) is 9.47 Å². The van der Waals surface area contributed by atoms with Gasteiger partial charge in [0.15, 0.2) is 0 Å². The van der Waals surface area contributed by atoms with Gasteiger partial charge in [0.25, 0.3) is 0 Å².